The molecular formula is C12H20N4. The van der Waals surface area contributed by atoms with Crippen molar-refractivity contribution in [2.75, 3.05) is 11.4 Å². The number of amidine groups is 1. The molecule has 88 valence electrons. The second kappa shape index (κ2) is 5.49. The van der Waals surface area contributed by atoms with E-state index in [9.17, 15) is 0 Å². The van der Waals surface area contributed by atoms with Crippen LogP contribution >= 0.6 is 0 Å². The van der Waals surface area contributed by atoms with E-state index in [2.05, 4.69) is 23.7 Å². The number of hydrogen-bond donors (Lipinski definition) is 2. The van der Waals surface area contributed by atoms with Crippen LogP contribution in [0.15, 0.2) is 18.5 Å². The molecule has 1 heterocycles. The van der Waals surface area contributed by atoms with Gasteiger partial charge in [-0.15, -0.1) is 0 Å². The lowest BCUT2D eigenvalue weighted by Crippen LogP contribution is -2.34. The van der Waals surface area contributed by atoms with E-state index < -0.39 is 0 Å². The van der Waals surface area contributed by atoms with Crippen LogP contribution in [0.3, 0.4) is 0 Å². The van der Waals surface area contributed by atoms with Gasteiger partial charge in [0.25, 0.3) is 0 Å². The number of aromatic nitrogens is 1. The highest BCUT2D eigenvalue weighted by atomic mass is 15.2. The Morgan fingerprint density at radius 2 is 2.25 bits per heavy atom. The Balaban J connectivity index is 2.85. The fourth-order valence-electron chi connectivity index (χ4n) is 1.69. The summed E-state index contributed by atoms with van der Waals surface area (Å²) in [5.74, 6) is 0.234. The number of pyridine rings is 1. The molecule has 0 aliphatic rings. The second-order valence-corrected chi connectivity index (χ2v) is 4.22. The first-order valence-corrected chi connectivity index (χ1v) is 5.52. The molecule has 0 atom stereocenters. The van der Waals surface area contributed by atoms with E-state index in [1.807, 2.05) is 19.2 Å². The Kier molecular flexibility index (Phi) is 4.28. The summed E-state index contributed by atoms with van der Waals surface area (Å²) in [4.78, 5) is 6.34. The summed E-state index contributed by atoms with van der Waals surface area (Å²) in [5, 5.41) is 7.28. The monoisotopic (exact) mass is 220 g/mol. The van der Waals surface area contributed by atoms with E-state index in [1.165, 1.54) is 5.69 Å². The fourth-order valence-corrected chi connectivity index (χ4v) is 1.69. The molecule has 0 amide bonds. The third-order valence-electron chi connectivity index (χ3n) is 2.55. The van der Waals surface area contributed by atoms with Crippen molar-refractivity contribution in [2.45, 2.75) is 33.2 Å². The zero-order chi connectivity index (χ0) is 12.1. The van der Waals surface area contributed by atoms with Gasteiger partial charge in [0.1, 0.15) is 0 Å². The Bertz CT molecular complexity index is 360. The normalized spacial score (nSPS) is 10.5. The standard InChI is InChI=1S/C12H20N4/c1-9(2)16(7-5-12(13)14)11-4-6-15-8-10(11)3/h4,6,8-9H,5,7H2,1-3H3,(H3,13,14). The van der Waals surface area contributed by atoms with Crippen LogP contribution in [0.1, 0.15) is 25.8 Å². The van der Waals surface area contributed by atoms with E-state index in [0.29, 0.717) is 12.5 Å². The molecule has 3 N–H and O–H groups in total. The minimum absolute atomic E-state index is 0.234. The van der Waals surface area contributed by atoms with Crippen molar-refractivity contribution >= 4 is 11.5 Å². The van der Waals surface area contributed by atoms with Gasteiger partial charge >= 0.3 is 0 Å². The molecule has 0 radical (unpaired) electrons. The molecule has 0 spiro atoms. The van der Waals surface area contributed by atoms with Crippen LogP contribution in [-0.2, 0) is 0 Å². The summed E-state index contributed by atoms with van der Waals surface area (Å²) in [6.07, 6.45) is 4.25. The van der Waals surface area contributed by atoms with E-state index >= 15 is 0 Å². The van der Waals surface area contributed by atoms with Gasteiger partial charge in [0.2, 0.25) is 0 Å². The molecule has 1 aromatic heterocycles. The Morgan fingerprint density at radius 1 is 1.56 bits per heavy atom. The van der Waals surface area contributed by atoms with Gasteiger partial charge in [-0.05, 0) is 32.4 Å². The topological polar surface area (TPSA) is 66.0 Å². The number of aryl methyl sites for hydroxylation is 1. The van der Waals surface area contributed by atoms with E-state index in [0.717, 1.165) is 12.1 Å². The molecule has 1 rings (SSSR count). The van der Waals surface area contributed by atoms with E-state index in [1.54, 1.807) is 6.20 Å². The number of nitrogens with one attached hydrogen (secondary N) is 1. The smallest absolute Gasteiger partial charge is 0.0923 e. The van der Waals surface area contributed by atoms with Crippen molar-refractivity contribution in [1.82, 2.24) is 4.98 Å². The summed E-state index contributed by atoms with van der Waals surface area (Å²) in [6, 6.07) is 2.40. The molecule has 1 aromatic rings. The highest BCUT2D eigenvalue weighted by Crippen LogP contribution is 2.20. The highest BCUT2D eigenvalue weighted by molar-refractivity contribution is 5.77. The first kappa shape index (κ1) is 12.5. The summed E-state index contributed by atoms with van der Waals surface area (Å²) < 4.78 is 0. The van der Waals surface area contributed by atoms with Crippen molar-refractivity contribution in [3.8, 4) is 0 Å². The minimum atomic E-state index is 0.234. The van der Waals surface area contributed by atoms with Crippen LogP contribution in [0.2, 0.25) is 0 Å². The van der Waals surface area contributed by atoms with Gasteiger partial charge in [-0.25, -0.2) is 0 Å². The summed E-state index contributed by atoms with van der Waals surface area (Å²) in [7, 11) is 0. The predicted octanol–water partition coefficient (Wildman–Crippen LogP) is 1.93. The molecule has 0 aliphatic carbocycles. The zero-order valence-electron chi connectivity index (χ0n) is 10.2. The molecular weight excluding hydrogens is 200 g/mol. The van der Waals surface area contributed by atoms with Crippen molar-refractivity contribution in [1.29, 1.82) is 5.41 Å². The molecule has 0 bridgehead atoms. The lowest BCUT2D eigenvalue weighted by atomic mass is 10.2. The van der Waals surface area contributed by atoms with Crippen molar-refractivity contribution < 1.29 is 0 Å². The third-order valence-corrected chi connectivity index (χ3v) is 2.55. The van der Waals surface area contributed by atoms with Crippen molar-refractivity contribution in [3.63, 3.8) is 0 Å². The highest BCUT2D eigenvalue weighted by Gasteiger charge is 2.12. The van der Waals surface area contributed by atoms with Crippen LogP contribution in [0.5, 0.6) is 0 Å². The fraction of sp³-hybridized carbons (Fsp3) is 0.500. The Hall–Kier alpha value is -1.58. The zero-order valence-corrected chi connectivity index (χ0v) is 10.2. The molecule has 0 unspecified atom stereocenters. The Morgan fingerprint density at radius 3 is 2.75 bits per heavy atom. The van der Waals surface area contributed by atoms with Crippen molar-refractivity contribution in [2.24, 2.45) is 5.73 Å². The molecule has 0 fully saturated rings. The molecule has 4 nitrogen and oxygen atoms in total. The molecule has 0 aromatic carbocycles. The van der Waals surface area contributed by atoms with Gasteiger partial charge in [-0.2, -0.15) is 0 Å². The molecule has 16 heavy (non-hydrogen) atoms. The van der Waals surface area contributed by atoms with Gasteiger partial charge in [-0.3, -0.25) is 10.4 Å². The number of anilines is 1. The van der Waals surface area contributed by atoms with Gasteiger partial charge < -0.3 is 10.6 Å². The molecule has 0 saturated heterocycles. The van der Waals surface area contributed by atoms with E-state index in [4.69, 9.17) is 11.1 Å². The maximum Gasteiger partial charge on any atom is 0.0923 e. The van der Waals surface area contributed by atoms with Crippen LogP contribution in [0.25, 0.3) is 0 Å². The molecule has 0 saturated carbocycles. The second-order valence-electron chi connectivity index (χ2n) is 4.22. The van der Waals surface area contributed by atoms with Crippen LogP contribution in [0, 0.1) is 12.3 Å². The first-order chi connectivity index (χ1) is 7.52. The van der Waals surface area contributed by atoms with Gasteiger partial charge in [0.15, 0.2) is 0 Å². The first-order valence-electron chi connectivity index (χ1n) is 5.52. The van der Waals surface area contributed by atoms with Crippen LogP contribution in [-0.4, -0.2) is 23.4 Å². The average Bonchev–Trinajstić information content (AvgIpc) is 2.20. The van der Waals surface area contributed by atoms with Crippen LogP contribution in [0.4, 0.5) is 5.69 Å². The Labute approximate surface area is 97.0 Å². The van der Waals surface area contributed by atoms with Crippen LogP contribution < -0.4 is 10.6 Å². The lowest BCUT2D eigenvalue weighted by molar-refractivity contribution is 0.686. The molecule has 0 aliphatic heterocycles. The average molecular weight is 220 g/mol. The van der Waals surface area contributed by atoms with Crippen molar-refractivity contribution in [3.05, 3.63) is 24.0 Å². The SMILES string of the molecule is Cc1cnccc1N(CCC(=N)N)C(C)C. The number of nitrogens with zero attached hydrogens (tertiary/aromatic N) is 2. The largest absolute Gasteiger partial charge is 0.388 e. The quantitative estimate of drug-likeness (QED) is 0.588. The van der Waals surface area contributed by atoms with E-state index in [-0.39, 0.29) is 5.84 Å². The molecule has 4 heteroatoms. The third kappa shape index (κ3) is 3.22. The predicted molar refractivity (Wildman–Crippen MR) is 68.0 cm³/mol. The number of hydrogen-bond acceptors (Lipinski definition) is 3. The number of rotatable bonds is 5. The number of nitrogens with two attached hydrogens (primary N) is 1. The minimum Gasteiger partial charge on any atom is -0.388 e. The maximum atomic E-state index is 7.28. The maximum absolute atomic E-state index is 7.28. The lowest BCUT2D eigenvalue weighted by Gasteiger charge is -2.30. The van der Waals surface area contributed by atoms with Gasteiger partial charge in [0, 0.05) is 37.1 Å². The van der Waals surface area contributed by atoms with Gasteiger partial charge in [-0.1, -0.05) is 0 Å². The summed E-state index contributed by atoms with van der Waals surface area (Å²) >= 11 is 0. The summed E-state index contributed by atoms with van der Waals surface area (Å²) in [6.45, 7) is 7.10. The van der Waals surface area contributed by atoms with Gasteiger partial charge in [0.05, 0.1) is 5.84 Å². The summed E-state index contributed by atoms with van der Waals surface area (Å²) in [5.41, 5.74) is 7.73.